The Hall–Kier alpha value is -3.27. The number of carbonyl (C=O) groups is 3. The van der Waals surface area contributed by atoms with E-state index in [2.05, 4.69) is 38.6 Å². The molecule has 0 radical (unpaired) electrons. The molecule has 2 saturated heterocycles. The van der Waals surface area contributed by atoms with E-state index in [-0.39, 0.29) is 28.6 Å². The molecule has 8 rings (SSSR count). The van der Waals surface area contributed by atoms with Crippen molar-refractivity contribution >= 4 is 29.2 Å². The Morgan fingerprint density at radius 1 is 0.706 bits per heavy atom. The minimum absolute atomic E-state index is 0.0578. The predicted molar refractivity (Wildman–Crippen MR) is 202 cm³/mol. The zero-order chi connectivity index (χ0) is 35.4. The van der Waals surface area contributed by atoms with Crippen molar-refractivity contribution in [2.45, 2.75) is 120 Å². The molecule has 2 aliphatic carbocycles. The lowest BCUT2D eigenvalue weighted by Crippen LogP contribution is -2.48. The monoisotopic (exact) mass is 697 g/mol. The van der Waals surface area contributed by atoms with Crippen molar-refractivity contribution < 1.29 is 19.1 Å². The summed E-state index contributed by atoms with van der Waals surface area (Å²) in [6.45, 7) is 7.77. The van der Waals surface area contributed by atoms with E-state index in [1.54, 1.807) is 0 Å². The molecule has 4 fully saturated rings. The van der Waals surface area contributed by atoms with E-state index >= 15 is 0 Å². The number of nitrogens with one attached hydrogen (secondary N) is 2. The van der Waals surface area contributed by atoms with Crippen LogP contribution in [0.5, 0.6) is 0 Å². The van der Waals surface area contributed by atoms with Crippen LogP contribution in [0.1, 0.15) is 108 Å². The number of rotatable bonds is 7. The third-order valence-electron chi connectivity index (χ3n) is 13.6. The SMILES string of the molecule is CCOC(=O)CCC1CCN(C2CCC3(CC2)C(=O)Nc2ccccc23)CC1.NCC1CCN(C2CCC3(CC2)C(=O)Nc2ccccc23)CC1. The van der Waals surface area contributed by atoms with E-state index in [1.165, 1.54) is 49.9 Å². The molecular formula is C42H59N5O4. The maximum absolute atomic E-state index is 12.7. The zero-order valence-corrected chi connectivity index (χ0v) is 30.7. The smallest absolute Gasteiger partial charge is 0.305 e. The Bertz CT molecular complexity index is 1530. The van der Waals surface area contributed by atoms with E-state index in [0.29, 0.717) is 36.9 Å². The second kappa shape index (κ2) is 15.8. The number of para-hydroxylation sites is 2. The number of hydrogen-bond acceptors (Lipinski definition) is 7. The molecule has 0 aromatic heterocycles. The fourth-order valence-corrected chi connectivity index (χ4v) is 10.4. The van der Waals surface area contributed by atoms with Gasteiger partial charge in [-0.3, -0.25) is 14.4 Å². The molecule has 6 aliphatic rings. The van der Waals surface area contributed by atoms with Gasteiger partial charge in [-0.05, 0) is 158 Å². The first kappa shape index (κ1) is 36.1. The fraction of sp³-hybridized carbons (Fsp3) is 0.643. The molecule has 0 unspecified atom stereocenters. The van der Waals surface area contributed by atoms with E-state index in [0.717, 1.165) is 88.8 Å². The van der Waals surface area contributed by atoms with Gasteiger partial charge in [0, 0.05) is 29.9 Å². The van der Waals surface area contributed by atoms with Crippen molar-refractivity contribution in [2.75, 3.05) is 50.0 Å². The number of fused-ring (bicyclic) bond motifs is 4. The van der Waals surface area contributed by atoms with Crippen molar-refractivity contribution in [3.63, 3.8) is 0 Å². The number of carbonyl (C=O) groups excluding carboxylic acids is 3. The summed E-state index contributed by atoms with van der Waals surface area (Å²) in [4.78, 5) is 42.2. The number of anilines is 2. The van der Waals surface area contributed by atoms with E-state index in [1.807, 2.05) is 37.3 Å². The second-order valence-electron chi connectivity index (χ2n) is 16.2. The molecule has 4 aliphatic heterocycles. The summed E-state index contributed by atoms with van der Waals surface area (Å²) in [5, 5.41) is 6.20. The first-order valence-corrected chi connectivity index (χ1v) is 20.0. The van der Waals surface area contributed by atoms with Gasteiger partial charge in [0.05, 0.1) is 17.4 Å². The molecule has 2 spiro atoms. The standard InChI is InChI=1S/C23H32N2O3.C19H27N3O/c1-2-28-21(26)8-7-17-11-15-25(16-12-17)18-9-13-23(14-10-18)19-5-3-4-6-20(19)24-22(23)27;20-13-14-7-11-22(12-8-14)15-5-9-19(10-6-15)16-3-1-2-4-17(16)21-18(19)23/h3-6,17-18H,2,7-16H2,1H3,(H,24,27);1-4,14-15H,5-13,20H2,(H,21,23). The van der Waals surface area contributed by atoms with Crippen LogP contribution in [0, 0.1) is 11.8 Å². The van der Waals surface area contributed by atoms with Gasteiger partial charge in [-0.2, -0.15) is 0 Å². The van der Waals surface area contributed by atoms with Crippen LogP contribution in [0.15, 0.2) is 48.5 Å². The summed E-state index contributed by atoms with van der Waals surface area (Å²) >= 11 is 0. The topological polar surface area (TPSA) is 117 Å². The summed E-state index contributed by atoms with van der Waals surface area (Å²) < 4.78 is 5.05. The van der Waals surface area contributed by atoms with Gasteiger partial charge >= 0.3 is 5.97 Å². The number of likely N-dealkylation sites (tertiary alicyclic amines) is 2. The number of hydrogen-bond donors (Lipinski definition) is 3. The van der Waals surface area contributed by atoms with Gasteiger partial charge in [0.1, 0.15) is 0 Å². The highest BCUT2D eigenvalue weighted by Gasteiger charge is 2.50. The lowest BCUT2D eigenvalue weighted by molar-refractivity contribution is -0.143. The average molecular weight is 698 g/mol. The number of esters is 1. The maximum atomic E-state index is 12.7. The lowest BCUT2D eigenvalue weighted by Gasteiger charge is -2.43. The van der Waals surface area contributed by atoms with Gasteiger partial charge in [-0.15, -0.1) is 0 Å². The molecule has 2 aromatic rings. The van der Waals surface area contributed by atoms with Crippen LogP contribution in [0.2, 0.25) is 0 Å². The number of ether oxygens (including phenoxy) is 1. The average Bonchev–Trinajstić information content (AvgIpc) is 3.60. The van der Waals surface area contributed by atoms with Crippen molar-refractivity contribution in [1.29, 1.82) is 0 Å². The largest absolute Gasteiger partial charge is 0.466 e. The Balaban J connectivity index is 0.000000162. The molecule has 4 heterocycles. The highest BCUT2D eigenvalue weighted by atomic mass is 16.5. The number of nitrogens with zero attached hydrogens (tertiary/aromatic N) is 2. The Morgan fingerprint density at radius 3 is 1.57 bits per heavy atom. The van der Waals surface area contributed by atoms with Crippen molar-refractivity contribution in [3.8, 4) is 0 Å². The number of piperidine rings is 2. The highest BCUT2D eigenvalue weighted by molar-refractivity contribution is 6.07. The maximum Gasteiger partial charge on any atom is 0.305 e. The molecule has 0 atom stereocenters. The van der Waals surface area contributed by atoms with Gasteiger partial charge < -0.3 is 30.9 Å². The molecule has 51 heavy (non-hydrogen) atoms. The molecule has 2 saturated carbocycles. The van der Waals surface area contributed by atoms with Gasteiger partial charge in [0.15, 0.2) is 0 Å². The number of amides is 2. The van der Waals surface area contributed by atoms with Crippen molar-refractivity contribution in [1.82, 2.24) is 9.80 Å². The summed E-state index contributed by atoms with van der Waals surface area (Å²) in [6, 6.07) is 17.7. The van der Waals surface area contributed by atoms with Crippen LogP contribution in [0.4, 0.5) is 11.4 Å². The zero-order valence-electron chi connectivity index (χ0n) is 30.7. The van der Waals surface area contributed by atoms with E-state index in [4.69, 9.17) is 10.5 Å². The first-order chi connectivity index (χ1) is 24.8. The van der Waals surface area contributed by atoms with Crippen molar-refractivity contribution in [2.24, 2.45) is 17.6 Å². The molecule has 9 heteroatoms. The van der Waals surface area contributed by atoms with Crippen LogP contribution in [0.3, 0.4) is 0 Å². The van der Waals surface area contributed by atoms with Crippen LogP contribution in [0.25, 0.3) is 0 Å². The summed E-state index contributed by atoms with van der Waals surface area (Å²) in [5.41, 5.74) is 9.71. The highest BCUT2D eigenvalue weighted by Crippen LogP contribution is 2.49. The predicted octanol–water partition coefficient (Wildman–Crippen LogP) is 6.36. The van der Waals surface area contributed by atoms with Gasteiger partial charge in [0.2, 0.25) is 11.8 Å². The fourth-order valence-electron chi connectivity index (χ4n) is 10.4. The minimum atomic E-state index is -0.301. The summed E-state index contributed by atoms with van der Waals surface area (Å²) in [7, 11) is 0. The molecule has 276 valence electrons. The molecule has 0 bridgehead atoms. The van der Waals surface area contributed by atoms with Crippen LogP contribution in [-0.2, 0) is 30.0 Å². The lowest BCUT2D eigenvalue weighted by atomic mass is 9.68. The Morgan fingerprint density at radius 2 is 1.14 bits per heavy atom. The van der Waals surface area contributed by atoms with Crippen LogP contribution < -0.4 is 16.4 Å². The Kier molecular flexibility index (Phi) is 11.2. The third-order valence-corrected chi connectivity index (χ3v) is 13.6. The molecular weight excluding hydrogens is 638 g/mol. The van der Waals surface area contributed by atoms with E-state index < -0.39 is 0 Å². The van der Waals surface area contributed by atoms with Crippen LogP contribution in [-0.4, -0.2) is 79.0 Å². The Labute approximate surface area is 304 Å². The molecule has 2 aromatic carbocycles. The molecule has 4 N–H and O–H groups in total. The van der Waals surface area contributed by atoms with Crippen LogP contribution >= 0.6 is 0 Å². The summed E-state index contributed by atoms with van der Waals surface area (Å²) in [6.07, 6.45) is 14.6. The normalized spacial score (nSPS) is 29.9. The van der Waals surface area contributed by atoms with Gasteiger partial charge in [-0.25, -0.2) is 0 Å². The molecule has 9 nitrogen and oxygen atoms in total. The third kappa shape index (κ3) is 7.36. The van der Waals surface area contributed by atoms with Gasteiger partial charge in [0.25, 0.3) is 0 Å². The number of benzene rings is 2. The summed E-state index contributed by atoms with van der Waals surface area (Å²) in [5.74, 6) is 1.72. The number of nitrogens with two attached hydrogens (primary N) is 1. The van der Waals surface area contributed by atoms with Crippen molar-refractivity contribution in [3.05, 3.63) is 59.7 Å². The minimum Gasteiger partial charge on any atom is -0.466 e. The van der Waals surface area contributed by atoms with Gasteiger partial charge in [-0.1, -0.05) is 36.4 Å². The van der Waals surface area contributed by atoms with E-state index in [9.17, 15) is 14.4 Å². The molecule has 2 amide bonds. The first-order valence-electron chi connectivity index (χ1n) is 20.0. The second-order valence-corrected chi connectivity index (χ2v) is 16.2. The quantitative estimate of drug-likeness (QED) is 0.288.